The van der Waals surface area contributed by atoms with Gasteiger partial charge in [0.2, 0.25) is 0 Å². The van der Waals surface area contributed by atoms with Crippen molar-refractivity contribution in [1.82, 2.24) is 4.57 Å². The molecule has 2 aromatic carbocycles. The first-order chi connectivity index (χ1) is 12.6. The summed E-state index contributed by atoms with van der Waals surface area (Å²) in [5.74, 6) is 0. The highest BCUT2D eigenvalue weighted by Gasteiger charge is 2.21. The quantitative estimate of drug-likeness (QED) is 0.706. The second-order valence-electron chi connectivity index (χ2n) is 7.66. The number of nitrogens with zero attached hydrogens (tertiary/aromatic N) is 1. The zero-order valence-electron chi connectivity index (χ0n) is 15.8. The smallest absolute Gasteiger partial charge is 0.0891 e. The summed E-state index contributed by atoms with van der Waals surface area (Å²) in [6, 6.07) is 15.0. The van der Waals surface area contributed by atoms with Crippen LogP contribution < -0.4 is 5.32 Å². The molecule has 0 bridgehead atoms. The van der Waals surface area contributed by atoms with Crippen LogP contribution in [0.4, 0.5) is 5.69 Å². The van der Waals surface area contributed by atoms with E-state index in [0.29, 0.717) is 13.1 Å². The molecule has 1 atom stereocenters. The number of fused-ring (bicyclic) bond motifs is 3. The van der Waals surface area contributed by atoms with E-state index in [1.54, 1.807) is 0 Å². The molecule has 0 amide bonds. The molecule has 0 unspecified atom stereocenters. The lowest BCUT2D eigenvalue weighted by molar-refractivity contribution is 0.167. The molecular formula is C23H28N2O. The summed E-state index contributed by atoms with van der Waals surface area (Å²) in [6.07, 6.45) is 4.40. The number of hydrogen-bond donors (Lipinski definition) is 2. The average molecular weight is 348 g/mol. The molecular weight excluding hydrogens is 320 g/mol. The van der Waals surface area contributed by atoms with Crippen molar-refractivity contribution in [2.75, 3.05) is 11.9 Å². The van der Waals surface area contributed by atoms with Crippen molar-refractivity contribution in [3.8, 4) is 0 Å². The molecule has 3 aromatic rings. The van der Waals surface area contributed by atoms with Gasteiger partial charge in [0.25, 0.3) is 0 Å². The van der Waals surface area contributed by atoms with Gasteiger partial charge in [0.15, 0.2) is 0 Å². The van der Waals surface area contributed by atoms with Crippen LogP contribution >= 0.6 is 0 Å². The largest absolute Gasteiger partial charge is 0.389 e. The van der Waals surface area contributed by atoms with Crippen LogP contribution in [-0.4, -0.2) is 22.3 Å². The van der Waals surface area contributed by atoms with Crippen molar-refractivity contribution < 1.29 is 5.11 Å². The van der Waals surface area contributed by atoms with Gasteiger partial charge in [0, 0.05) is 28.8 Å². The van der Waals surface area contributed by atoms with E-state index < -0.39 is 6.10 Å². The van der Waals surface area contributed by atoms with Crippen LogP contribution in [0.5, 0.6) is 0 Å². The van der Waals surface area contributed by atoms with E-state index in [1.807, 2.05) is 0 Å². The maximum atomic E-state index is 10.7. The van der Waals surface area contributed by atoms with Gasteiger partial charge in [0.1, 0.15) is 0 Å². The molecule has 1 aliphatic carbocycles. The summed E-state index contributed by atoms with van der Waals surface area (Å²) in [6.45, 7) is 5.45. The highest BCUT2D eigenvalue weighted by atomic mass is 16.3. The van der Waals surface area contributed by atoms with Crippen LogP contribution in [0.3, 0.4) is 0 Å². The molecule has 0 aliphatic heterocycles. The first kappa shape index (κ1) is 17.2. The third-order valence-electron chi connectivity index (χ3n) is 5.52. The second-order valence-corrected chi connectivity index (χ2v) is 7.66. The number of rotatable bonds is 5. The zero-order valence-corrected chi connectivity index (χ0v) is 15.8. The zero-order chi connectivity index (χ0) is 18.1. The van der Waals surface area contributed by atoms with E-state index >= 15 is 0 Å². The molecule has 0 fully saturated rings. The fourth-order valence-corrected chi connectivity index (χ4v) is 4.14. The van der Waals surface area contributed by atoms with E-state index in [0.717, 1.165) is 12.1 Å². The van der Waals surface area contributed by atoms with Crippen molar-refractivity contribution in [1.29, 1.82) is 0 Å². The number of nitrogens with one attached hydrogen (secondary N) is 1. The number of aliphatic hydroxyl groups excluding tert-OH is 1. The molecule has 3 heteroatoms. The second kappa shape index (κ2) is 7.16. The molecule has 136 valence electrons. The Hall–Kier alpha value is -2.26. The van der Waals surface area contributed by atoms with Crippen molar-refractivity contribution >= 4 is 16.6 Å². The molecule has 1 aromatic heterocycles. The fraction of sp³-hybridized carbons (Fsp3) is 0.391. The standard InChI is InChI=1S/C23H28N2O/c1-16-7-10-18(11-8-16)24-14-19(26)15-25-22-6-4-3-5-20(22)21-13-17(2)9-12-23(21)25/h7-13,19,24,26H,3-6,14-15H2,1-2H3/t19-/m0/s1. The molecule has 26 heavy (non-hydrogen) atoms. The van der Waals surface area contributed by atoms with E-state index in [2.05, 4.69) is 66.2 Å². The Morgan fingerprint density at radius 3 is 2.54 bits per heavy atom. The Kier molecular flexibility index (Phi) is 4.73. The Morgan fingerprint density at radius 1 is 1.00 bits per heavy atom. The topological polar surface area (TPSA) is 37.2 Å². The summed E-state index contributed by atoms with van der Waals surface area (Å²) in [5, 5.41) is 15.4. The summed E-state index contributed by atoms with van der Waals surface area (Å²) < 4.78 is 2.37. The molecule has 0 saturated carbocycles. The normalized spacial score (nSPS) is 15.0. The lowest BCUT2D eigenvalue weighted by Gasteiger charge is -2.19. The average Bonchev–Trinajstić information content (AvgIpc) is 2.95. The molecule has 3 nitrogen and oxygen atoms in total. The van der Waals surface area contributed by atoms with Gasteiger partial charge in [-0.15, -0.1) is 0 Å². The van der Waals surface area contributed by atoms with Crippen LogP contribution in [0.25, 0.3) is 10.9 Å². The molecule has 1 heterocycles. The highest BCUT2D eigenvalue weighted by molar-refractivity contribution is 5.86. The third-order valence-corrected chi connectivity index (χ3v) is 5.52. The summed E-state index contributed by atoms with van der Waals surface area (Å²) in [7, 11) is 0. The van der Waals surface area contributed by atoms with Crippen molar-refractivity contribution in [2.45, 2.75) is 52.2 Å². The fourth-order valence-electron chi connectivity index (χ4n) is 4.14. The number of benzene rings is 2. The van der Waals surface area contributed by atoms with Crippen molar-refractivity contribution in [2.24, 2.45) is 0 Å². The minimum absolute atomic E-state index is 0.417. The van der Waals surface area contributed by atoms with Crippen LogP contribution in [0.1, 0.15) is 35.2 Å². The van der Waals surface area contributed by atoms with Gasteiger partial charge >= 0.3 is 0 Å². The van der Waals surface area contributed by atoms with Crippen LogP contribution in [0.2, 0.25) is 0 Å². The van der Waals surface area contributed by atoms with Crippen LogP contribution in [0, 0.1) is 13.8 Å². The van der Waals surface area contributed by atoms with Gasteiger partial charge in [-0.05, 0) is 69.4 Å². The Morgan fingerprint density at radius 2 is 1.73 bits per heavy atom. The minimum atomic E-state index is -0.417. The van der Waals surface area contributed by atoms with Crippen molar-refractivity contribution in [3.05, 3.63) is 64.8 Å². The summed E-state index contributed by atoms with van der Waals surface area (Å²) in [5.41, 5.74) is 7.84. The molecule has 1 aliphatic rings. The maximum Gasteiger partial charge on any atom is 0.0891 e. The Balaban J connectivity index is 1.55. The highest BCUT2D eigenvalue weighted by Crippen LogP contribution is 2.33. The minimum Gasteiger partial charge on any atom is -0.389 e. The van der Waals surface area contributed by atoms with Gasteiger partial charge in [-0.3, -0.25) is 0 Å². The van der Waals surface area contributed by atoms with Gasteiger partial charge in [-0.2, -0.15) is 0 Å². The Bertz CT molecular complexity index is 908. The number of aryl methyl sites for hydroxylation is 3. The Labute approximate surface area is 155 Å². The lowest BCUT2D eigenvalue weighted by Crippen LogP contribution is -2.26. The molecule has 4 rings (SSSR count). The maximum absolute atomic E-state index is 10.7. The molecule has 2 N–H and O–H groups in total. The summed E-state index contributed by atoms with van der Waals surface area (Å²) >= 11 is 0. The number of anilines is 1. The van der Waals surface area contributed by atoms with Crippen LogP contribution in [-0.2, 0) is 19.4 Å². The van der Waals surface area contributed by atoms with Gasteiger partial charge in [-0.25, -0.2) is 0 Å². The van der Waals surface area contributed by atoms with E-state index in [1.165, 1.54) is 52.5 Å². The van der Waals surface area contributed by atoms with E-state index in [4.69, 9.17) is 0 Å². The van der Waals surface area contributed by atoms with Crippen molar-refractivity contribution in [3.63, 3.8) is 0 Å². The van der Waals surface area contributed by atoms with E-state index in [9.17, 15) is 5.11 Å². The van der Waals surface area contributed by atoms with E-state index in [-0.39, 0.29) is 0 Å². The SMILES string of the molecule is Cc1ccc(NC[C@H](O)Cn2c3c(c4cc(C)ccc42)CCCC3)cc1. The summed E-state index contributed by atoms with van der Waals surface area (Å²) in [4.78, 5) is 0. The predicted molar refractivity (Wildman–Crippen MR) is 109 cm³/mol. The first-order valence-electron chi connectivity index (χ1n) is 9.71. The van der Waals surface area contributed by atoms with Gasteiger partial charge in [0.05, 0.1) is 12.6 Å². The number of aromatic nitrogens is 1. The molecule has 0 radical (unpaired) electrons. The van der Waals surface area contributed by atoms with Gasteiger partial charge < -0.3 is 15.0 Å². The lowest BCUT2D eigenvalue weighted by atomic mass is 9.95. The molecule has 0 spiro atoms. The number of hydrogen-bond acceptors (Lipinski definition) is 2. The monoisotopic (exact) mass is 348 g/mol. The number of aliphatic hydroxyl groups is 1. The predicted octanol–water partition coefficient (Wildman–Crippen LogP) is 4.61. The molecule has 0 saturated heterocycles. The first-order valence-corrected chi connectivity index (χ1v) is 9.71. The third kappa shape index (κ3) is 3.36. The van der Waals surface area contributed by atoms with Crippen LogP contribution in [0.15, 0.2) is 42.5 Å². The van der Waals surface area contributed by atoms with Gasteiger partial charge in [-0.1, -0.05) is 29.3 Å².